The lowest BCUT2D eigenvalue weighted by molar-refractivity contribution is -0.148. The van der Waals surface area contributed by atoms with Gasteiger partial charge in [-0.1, -0.05) is 6.07 Å². The molecule has 1 aliphatic heterocycles. The first-order chi connectivity index (χ1) is 9.74. The van der Waals surface area contributed by atoms with Crippen molar-refractivity contribution in [3.8, 4) is 11.5 Å². The van der Waals surface area contributed by atoms with E-state index in [0.717, 1.165) is 25.3 Å². The number of hydrogen-bond donors (Lipinski definition) is 1. The van der Waals surface area contributed by atoms with Crippen LogP contribution in [0.4, 0.5) is 0 Å². The molecule has 1 heterocycles. The molecular weight excluding hydrogens is 258 g/mol. The van der Waals surface area contributed by atoms with Gasteiger partial charge in [0.25, 0.3) is 0 Å². The Bertz CT molecular complexity index is 443. The van der Waals surface area contributed by atoms with E-state index in [1.165, 1.54) is 7.11 Å². The van der Waals surface area contributed by atoms with Crippen LogP contribution in [0.25, 0.3) is 0 Å². The van der Waals surface area contributed by atoms with E-state index in [1.807, 2.05) is 18.2 Å². The van der Waals surface area contributed by atoms with Crippen molar-refractivity contribution in [1.82, 2.24) is 5.32 Å². The average Bonchev–Trinajstić information content (AvgIpc) is 3.01. The van der Waals surface area contributed by atoms with Crippen LogP contribution in [-0.2, 0) is 9.53 Å². The number of benzene rings is 1. The Morgan fingerprint density at radius 1 is 1.40 bits per heavy atom. The molecule has 0 aliphatic carbocycles. The fourth-order valence-corrected chi connectivity index (χ4v) is 2.45. The van der Waals surface area contributed by atoms with E-state index in [1.54, 1.807) is 13.2 Å². The molecule has 1 aliphatic rings. The molecule has 0 radical (unpaired) electrons. The lowest BCUT2D eigenvalue weighted by Gasteiger charge is -2.20. The van der Waals surface area contributed by atoms with E-state index in [-0.39, 0.29) is 17.8 Å². The Hall–Kier alpha value is -1.75. The van der Waals surface area contributed by atoms with Crippen LogP contribution in [0.3, 0.4) is 0 Å². The first-order valence-electron chi connectivity index (χ1n) is 6.80. The third-order valence-corrected chi connectivity index (χ3v) is 3.64. The first kappa shape index (κ1) is 14.7. The largest absolute Gasteiger partial charge is 0.497 e. The zero-order valence-electron chi connectivity index (χ0n) is 11.9. The summed E-state index contributed by atoms with van der Waals surface area (Å²) in [6.45, 7) is 2.10. The number of nitrogens with one attached hydrogen (secondary N) is 1. The third-order valence-electron chi connectivity index (χ3n) is 3.64. The highest BCUT2D eigenvalue weighted by Gasteiger charge is 2.32. The molecule has 1 aromatic carbocycles. The van der Waals surface area contributed by atoms with E-state index < -0.39 is 0 Å². The van der Waals surface area contributed by atoms with Crippen molar-refractivity contribution in [2.24, 2.45) is 11.8 Å². The summed E-state index contributed by atoms with van der Waals surface area (Å²) in [5.41, 5.74) is 0. The minimum Gasteiger partial charge on any atom is -0.497 e. The van der Waals surface area contributed by atoms with Gasteiger partial charge in [-0.05, 0) is 37.6 Å². The van der Waals surface area contributed by atoms with Crippen molar-refractivity contribution in [2.45, 2.75) is 6.42 Å². The SMILES string of the molecule is COC(=O)C(COc1cccc(OC)c1)C1CCNC1. The minimum atomic E-state index is -0.235. The fraction of sp³-hybridized carbons (Fsp3) is 0.533. The number of methoxy groups -OCH3 is 2. The Kier molecular flexibility index (Phi) is 5.24. The second-order valence-electron chi connectivity index (χ2n) is 4.87. The molecule has 0 amide bonds. The molecule has 0 spiro atoms. The standard InChI is InChI=1S/C15H21NO4/c1-18-12-4-3-5-13(8-12)20-10-14(15(17)19-2)11-6-7-16-9-11/h3-5,8,11,14,16H,6-7,9-10H2,1-2H3. The van der Waals surface area contributed by atoms with Crippen LogP contribution >= 0.6 is 0 Å². The molecule has 0 bridgehead atoms. The summed E-state index contributed by atoms with van der Waals surface area (Å²) in [6, 6.07) is 7.37. The predicted molar refractivity (Wildman–Crippen MR) is 75.0 cm³/mol. The Balaban J connectivity index is 1.98. The van der Waals surface area contributed by atoms with E-state index in [2.05, 4.69) is 5.32 Å². The van der Waals surface area contributed by atoms with Crippen molar-refractivity contribution in [3.63, 3.8) is 0 Å². The Morgan fingerprint density at radius 2 is 2.20 bits per heavy atom. The molecule has 5 heteroatoms. The monoisotopic (exact) mass is 279 g/mol. The summed E-state index contributed by atoms with van der Waals surface area (Å²) < 4.78 is 15.8. The summed E-state index contributed by atoms with van der Waals surface area (Å²) in [6.07, 6.45) is 0.973. The van der Waals surface area contributed by atoms with Gasteiger partial charge in [-0.25, -0.2) is 0 Å². The van der Waals surface area contributed by atoms with Crippen LogP contribution in [-0.4, -0.2) is 39.9 Å². The van der Waals surface area contributed by atoms with Crippen molar-refractivity contribution >= 4 is 5.97 Å². The maximum atomic E-state index is 11.9. The van der Waals surface area contributed by atoms with Crippen LogP contribution < -0.4 is 14.8 Å². The zero-order valence-corrected chi connectivity index (χ0v) is 11.9. The quantitative estimate of drug-likeness (QED) is 0.799. The molecule has 0 aromatic heterocycles. The summed E-state index contributed by atoms with van der Waals surface area (Å²) in [5.74, 6) is 1.26. The Morgan fingerprint density at radius 3 is 2.85 bits per heavy atom. The van der Waals surface area contributed by atoms with Crippen molar-refractivity contribution < 1.29 is 19.0 Å². The predicted octanol–water partition coefficient (Wildman–Crippen LogP) is 1.47. The average molecular weight is 279 g/mol. The fourth-order valence-electron chi connectivity index (χ4n) is 2.45. The second-order valence-corrected chi connectivity index (χ2v) is 4.87. The van der Waals surface area contributed by atoms with Gasteiger partial charge in [-0.3, -0.25) is 4.79 Å². The molecule has 110 valence electrons. The van der Waals surface area contributed by atoms with E-state index >= 15 is 0 Å². The topological polar surface area (TPSA) is 56.8 Å². The minimum absolute atomic E-state index is 0.207. The zero-order chi connectivity index (χ0) is 14.4. The third kappa shape index (κ3) is 3.63. The van der Waals surface area contributed by atoms with Gasteiger partial charge in [-0.15, -0.1) is 0 Å². The number of carbonyl (C=O) groups is 1. The molecule has 1 saturated heterocycles. The molecule has 1 aromatic rings. The number of esters is 1. The van der Waals surface area contributed by atoms with E-state index in [4.69, 9.17) is 14.2 Å². The highest BCUT2D eigenvalue weighted by atomic mass is 16.5. The number of rotatable bonds is 6. The normalized spacial score (nSPS) is 19.4. The van der Waals surface area contributed by atoms with E-state index in [0.29, 0.717) is 12.4 Å². The molecule has 2 rings (SSSR count). The highest BCUT2D eigenvalue weighted by molar-refractivity contribution is 5.73. The van der Waals surface area contributed by atoms with Crippen LogP contribution in [0.2, 0.25) is 0 Å². The summed E-state index contributed by atoms with van der Waals surface area (Å²) in [4.78, 5) is 11.9. The summed E-state index contributed by atoms with van der Waals surface area (Å²) in [5, 5.41) is 3.26. The molecule has 1 fully saturated rings. The molecular formula is C15H21NO4. The number of carbonyl (C=O) groups excluding carboxylic acids is 1. The molecule has 0 saturated carbocycles. The molecule has 5 nitrogen and oxygen atoms in total. The van der Waals surface area contributed by atoms with Gasteiger partial charge in [0.05, 0.1) is 20.1 Å². The first-order valence-corrected chi connectivity index (χ1v) is 6.80. The maximum absolute atomic E-state index is 11.9. The van der Waals surface area contributed by atoms with Gasteiger partial charge in [0, 0.05) is 6.07 Å². The summed E-state index contributed by atoms with van der Waals surface area (Å²) >= 11 is 0. The number of hydrogen-bond acceptors (Lipinski definition) is 5. The smallest absolute Gasteiger partial charge is 0.312 e. The molecule has 2 unspecified atom stereocenters. The number of ether oxygens (including phenoxy) is 3. The summed E-state index contributed by atoms with van der Waals surface area (Å²) in [7, 11) is 3.03. The lowest BCUT2D eigenvalue weighted by atomic mass is 9.92. The molecule has 20 heavy (non-hydrogen) atoms. The van der Waals surface area contributed by atoms with Crippen LogP contribution in [0.1, 0.15) is 6.42 Å². The van der Waals surface area contributed by atoms with Gasteiger partial charge >= 0.3 is 5.97 Å². The van der Waals surface area contributed by atoms with Crippen LogP contribution in [0, 0.1) is 11.8 Å². The van der Waals surface area contributed by atoms with Gasteiger partial charge in [0.2, 0.25) is 0 Å². The van der Waals surface area contributed by atoms with Crippen molar-refractivity contribution in [1.29, 1.82) is 0 Å². The molecule has 1 N–H and O–H groups in total. The van der Waals surface area contributed by atoms with Crippen LogP contribution in [0.15, 0.2) is 24.3 Å². The lowest BCUT2D eigenvalue weighted by Crippen LogP contribution is -2.31. The van der Waals surface area contributed by atoms with Gasteiger partial charge in [-0.2, -0.15) is 0 Å². The van der Waals surface area contributed by atoms with Gasteiger partial charge < -0.3 is 19.5 Å². The van der Waals surface area contributed by atoms with Crippen LogP contribution in [0.5, 0.6) is 11.5 Å². The second kappa shape index (κ2) is 7.14. The highest BCUT2D eigenvalue weighted by Crippen LogP contribution is 2.24. The maximum Gasteiger partial charge on any atom is 0.312 e. The molecule has 2 atom stereocenters. The van der Waals surface area contributed by atoms with Gasteiger partial charge in [0.1, 0.15) is 18.1 Å². The Labute approximate surface area is 119 Å². The van der Waals surface area contributed by atoms with Crippen molar-refractivity contribution in [3.05, 3.63) is 24.3 Å². The van der Waals surface area contributed by atoms with Crippen molar-refractivity contribution in [2.75, 3.05) is 33.9 Å². The van der Waals surface area contributed by atoms with E-state index in [9.17, 15) is 4.79 Å². The van der Waals surface area contributed by atoms with Gasteiger partial charge in [0.15, 0.2) is 0 Å².